The molecular formula is C13H12BrNO2S. The van der Waals surface area contributed by atoms with Crippen LogP contribution >= 0.6 is 28.6 Å². The van der Waals surface area contributed by atoms with Gasteiger partial charge in [-0.2, -0.15) is 0 Å². The molecule has 1 heterocycles. The minimum absolute atomic E-state index is 0.0748. The van der Waals surface area contributed by atoms with Gasteiger partial charge in [-0.3, -0.25) is 4.79 Å². The monoisotopic (exact) mass is 325 g/mol. The van der Waals surface area contributed by atoms with Crippen molar-refractivity contribution in [3.05, 3.63) is 52.4 Å². The van der Waals surface area contributed by atoms with E-state index in [9.17, 15) is 4.79 Å². The number of nitrogens with zero attached hydrogens (tertiary/aromatic N) is 1. The van der Waals surface area contributed by atoms with Crippen molar-refractivity contribution in [2.24, 2.45) is 0 Å². The Bertz CT molecular complexity index is 554. The molecule has 2 aromatic rings. The number of carbonyl (C=O) groups is 1. The van der Waals surface area contributed by atoms with Gasteiger partial charge in [-0.15, -0.1) is 12.6 Å². The van der Waals surface area contributed by atoms with E-state index in [0.29, 0.717) is 12.1 Å². The van der Waals surface area contributed by atoms with Crippen molar-refractivity contribution < 1.29 is 9.21 Å². The van der Waals surface area contributed by atoms with Crippen molar-refractivity contribution in [1.29, 1.82) is 0 Å². The number of hydrogen-bond donors (Lipinski definition) is 1. The molecule has 3 nitrogen and oxygen atoms in total. The lowest BCUT2D eigenvalue weighted by Crippen LogP contribution is -2.26. The highest BCUT2D eigenvalue weighted by Gasteiger charge is 2.16. The molecule has 94 valence electrons. The van der Waals surface area contributed by atoms with E-state index in [1.165, 1.54) is 0 Å². The summed E-state index contributed by atoms with van der Waals surface area (Å²) in [4.78, 5) is 14.6. The van der Waals surface area contributed by atoms with Crippen LogP contribution in [0.2, 0.25) is 0 Å². The minimum atomic E-state index is -0.0748. The lowest BCUT2D eigenvalue weighted by molar-refractivity contribution is 0.0774. The van der Waals surface area contributed by atoms with Crippen molar-refractivity contribution in [1.82, 2.24) is 4.90 Å². The Morgan fingerprint density at radius 3 is 2.89 bits per heavy atom. The SMILES string of the molecule is CN(Cc1ccco1)C(=O)c1cc(S)ccc1Br. The van der Waals surface area contributed by atoms with Crippen LogP contribution in [0.5, 0.6) is 0 Å². The molecule has 2 rings (SSSR count). The lowest BCUT2D eigenvalue weighted by atomic mass is 10.2. The fourth-order valence-electron chi connectivity index (χ4n) is 1.59. The second-order valence-electron chi connectivity index (χ2n) is 3.90. The fraction of sp³-hybridized carbons (Fsp3) is 0.154. The maximum absolute atomic E-state index is 12.3. The van der Waals surface area contributed by atoms with E-state index >= 15 is 0 Å². The smallest absolute Gasteiger partial charge is 0.255 e. The zero-order valence-electron chi connectivity index (χ0n) is 9.76. The quantitative estimate of drug-likeness (QED) is 0.875. The Kier molecular flexibility index (Phi) is 4.14. The van der Waals surface area contributed by atoms with E-state index in [1.807, 2.05) is 18.2 Å². The Labute approximate surface area is 119 Å². The number of halogens is 1. The average Bonchev–Trinajstić information content (AvgIpc) is 2.84. The second-order valence-corrected chi connectivity index (χ2v) is 5.28. The Morgan fingerprint density at radius 1 is 1.44 bits per heavy atom. The van der Waals surface area contributed by atoms with Gasteiger partial charge in [0.25, 0.3) is 5.91 Å². The number of rotatable bonds is 3. The van der Waals surface area contributed by atoms with Crippen LogP contribution in [0.1, 0.15) is 16.1 Å². The lowest BCUT2D eigenvalue weighted by Gasteiger charge is -2.16. The van der Waals surface area contributed by atoms with Gasteiger partial charge in [-0.1, -0.05) is 0 Å². The minimum Gasteiger partial charge on any atom is -0.467 e. The molecule has 0 saturated heterocycles. The molecule has 5 heteroatoms. The molecule has 0 fully saturated rings. The summed E-state index contributed by atoms with van der Waals surface area (Å²) in [6.07, 6.45) is 1.60. The molecule has 1 amide bonds. The Hall–Kier alpha value is -1.20. The first kappa shape index (κ1) is 13.2. The average molecular weight is 326 g/mol. The third-order valence-corrected chi connectivity index (χ3v) is 3.47. The molecule has 0 saturated carbocycles. The predicted molar refractivity (Wildman–Crippen MR) is 75.9 cm³/mol. The van der Waals surface area contributed by atoms with Crippen LogP contribution < -0.4 is 0 Å². The van der Waals surface area contributed by atoms with Gasteiger partial charge in [-0.05, 0) is 46.3 Å². The number of thiol groups is 1. The van der Waals surface area contributed by atoms with Crippen molar-refractivity contribution >= 4 is 34.5 Å². The first-order valence-electron chi connectivity index (χ1n) is 5.34. The van der Waals surface area contributed by atoms with Crippen molar-refractivity contribution in [2.75, 3.05) is 7.05 Å². The summed E-state index contributed by atoms with van der Waals surface area (Å²) < 4.78 is 5.98. The fourth-order valence-corrected chi connectivity index (χ4v) is 2.21. The van der Waals surface area contributed by atoms with Gasteiger partial charge < -0.3 is 9.32 Å². The van der Waals surface area contributed by atoms with Crippen molar-refractivity contribution in [3.8, 4) is 0 Å². The topological polar surface area (TPSA) is 33.5 Å². The second kappa shape index (κ2) is 5.63. The van der Waals surface area contributed by atoms with Gasteiger partial charge in [0.05, 0.1) is 18.4 Å². The maximum atomic E-state index is 12.3. The number of carbonyl (C=O) groups excluding carboxylic acids is 1. The highest BCUT2D eigenvalue weighted by atomic mass is 79.9. The summed E-state index contributed by atoms with van der Waals surface area (Å²) in [7, 11) is 1.74. The van der Waals surface area contributed by atoms with E-state index in [4.69, 9.17) is 4.42 Å². The third kappa shape index (κ3) is 2.97. The largest absolute Gasteiger partial charge is 0.467 e. The number of hydrogen-bond acceptors (Lipinski definition) is 3. The molecule has 1 aromatic carbocycles. The number of furan rings is 1. The van der Waals surface area contributed by atoms with Gasteiger partial charge in [0, 0.05) is 16.4 Å². The highest BCUT2D eigenvalue weighted by molar-refractivity contribution is 9.10. The summed E-state index contributed by atoms with van der Waals surface area (Å²) in [5, 5.41) is 0. The molecule has 0 radical (unpaired) electrons. The molecule has 0 aliphatic carbocycles. The number of benzene rings is 1. The summed E-state index contributed by atoms with van der Waals surface area (Å²) >= 11 is 7.62. The number of amides is 1. The molecule has 0 aliphatic rings. The van der Waals surface area contributed by atoms with Crippen molar-refractivity contribution in [3.63, 3.8) is 0 Å². The van der Waals surface area contributed by atoms with Crippen LogP contribution in [-0.2, 0) is 6.54 Å². The van der Waals surface area contributed by atoms with Crippen molar-refractivity contribution in [2.45, 2.75) is 11.4 Å². The van der Waals surface area contributed by atoms with Crippen LogP contribution in [0, 0.1) is 0 Å². The molecule has 18 heavy (non-hydrogen) atoms. The van der Waals surface area contributed by atoms with Crippen LogP contribution in [-0.4, -0.2) is 17.9 Å². The normalized spacial score (nSPS) is 10.4. The zero-order valence-corrected chi connectivity index (χ0v) is 12.2. The van der Waals surface area contributed by atoms with Crippen LogP contribution in [0.25, 0.3) is 0 Å². The van der Waals surface area contributed by atoms with Crippen LogP contribution in [0.15, 0.2) is 50.4 Å². The standard InChI is InChI=1S/C13H12BrNO2S/c1-15(8-9-3-2-6-17-9)13(16)11-7-10(18)4-5-12(11)14/h2-7,18H,8H2,1H3. The molecular weight excluding hydrogens is 314 g/mol. The van der Waals surface area contributed by atoms with Gasteiger partial charge in [0.2, 0.25) is 0 Å². The predicted octanol–water partition coefficient (Wildman–Crippen LogP) is 3.60. The molecule has 0 atom stereocenters. The van der Waals surface area contributed by atoms with E-state index in [-0.39, 0.29) is 5.91 Å². The maximum Gasteiger partial charge on any atom is 0.255 e. The summed E-state index contributed by atoms with van der Waals surface area (Å²) in [5.74, 6) is 0.679. The Morgan fingerprint density at radius 2 is 2.22 bits per heavy atom. The third-order valence-electron chi connectivity index (χ3n) is 2.50. The molecule has 1 aromatic heterocycles. The summed E-state index contributed by atoms with van der Waals surface area (Å²) in [6.45, 7) is 0.440. The molecule has 0 unspecified atom stereocenters. The van der Waals surface area contributed by atoms with Gasteiger partial charge in [0.15, 0.2) is 0 Å². The first-order chi connectivity index (χ1) is 8.58. The summed E-state index contributed by atoms with van der Waals surface area (Å²) in [6, 6.07) is 9.03. The zero-order chi connectivity index (χ0) is 13.1. The first-order valence-corrected chi connectivity index (χ1v) is 6.58. The molecule has 0 bridgehead atoms. The molecule has 0 spiro atoms. The van der Waals surface area contributed by atoms with Crippen LogP contribution in [0.4, 0.5) is 0 Å². The van der Waals surface area contributed by atoms with E-state index in [2.05, 4.69) is 28.6 Å². The van der Waals surface area contributed by atoms with E-state index < -0.39 is 0 Å². The van der Waals surface area contributed by atoms with Gasteiger partial charge >= 0.3 is 0 Å². The molecule has 0 aliphatic heterocycles. The van der Waals surface area contributed by atoms with Crippen LogP contribution in [0.3, 0.4) is 0 Å². The van der Waals surface area contributed by atoms with Gasteiger partial charge in [-0.25, -0.2) is 0 Å². The highest BCUT2D eigenvalue weighted by Crippen LogP contribution is 2.22. The van der Waals surface area contributed by atoms with E-state index in [0.717, 1.165) is 15.1 Å². The summed E-state index contributed by atoms with van der Waals surface area (Å²) in [5.41, 5.74) is 0.594. The van der Waals surface area contributed by atoms with E-state index in [1.54, 1.807) is 30.3 Å². The van der Waals surface area contributed by atoms with Gasteiger partial charge in [0.1, 0.15) is 5.76 Å². The molecule has 0 N–H and O–H groups in total. The Balaban J connectivity index is 2.17.